The van der Waals surface area contributed by atoms with E-state index in [4.69, 9.17) is 0 Å². The highest BCUT2D eigenvalue weighted by Crippen LogP contribution is 2.25. The molecule has 0 aliphatic rings. The molecule has 0 heterocycles. The Morgan fingerprint density at radius 2 is 1.59 bits per heavy atom. The van der Waals surface area contributed by atoms with Gasteiger partial charge in [0.05, 0.1) is 8.07 Å². The minimum Gasteiger partial charge on any atom is -0.298 e. The van der Waals surface area contributed by atoms with E-state index in [1.807, 2.05) is 30.3 Å². The number of aldehydes is 1. The summed E-state index contributed by atoms with van der Waals surface area (Å²) in [5.74, 6) is 0. The van der Waals surface area contributed by atoms with Crippen molar-refractivity contribution in [3.63, 3.8) is 0 Å². The highest BCUT2D eigenvalue weighted by molar-refractivity contribution is 6.85. The van der Waals surface area contributed by atoms with E-state index >= 15 is 0 Å². The molecule has 17 heavy (non-hydrogen) atoms. The normalized spacial score (nSPS) is 12.5. The van der Waals surface area contributed by atoms with Crippen LogP contribution in [0.3, 0.4) is 0 Å². The lowest BCUT2D eigenvalue weighted by Crippen LogP contribution is -2.29. The van der Waals surface area contributed by atoms with E-state index < -0.39 is 8.07 Å². The van der Waals surface area contributed by atoms with Crippen molar-refractivity contribution in [2.75, 3.05) is 0 Å². The molecule has 0 bridgehead atoms. The van der Waals surface area contributed by atoms with Crippen LogP contribution in [-0.2, 0) is 4.79 Å². The molecule has 1 rings (SSSR count). The Hall–Kier alpha value is -1.15. The maximum atomic E-state index is 11.3. The third kappa shape index (κ3) is 3.40. The van der Waals surface area contributed by atoms with Crippen LogP contribution in [0.1, 0.15) is 26.3 Å². The zero-order valence-electron chi connectivity index (χ0n) is 11.1. The first-order valence-electron chi connectivity index (χ1n) is 6.44. The number of allylic oxidation sites excluding steroid dienone is 1. The van der Waals surface area contributed by atoms with Gasteiger partial charge in [0.15, 0.2) is 0 Å². The maximum Gasteiger partial charge on any atom is 0.149 e. The molecule has 1 aromatic rings. The molecule has 0 amide bonds. The fraction of sp³-hybridized carbons (Fsp3) is 0.400. The second-order valence-corrected chi connectivity index (χ2v) is 9.64. The zero-order valence-corrected chi connectivity index (χ0v) is 12.1. The summed E-state index contributed by atoms with van der Waals surface area (Å²) in [5, 5.41) is 0. The molecule has 0 aliphatic carbocycles. The lowest BCUT2D eigenvalue weighted by molar-refractivity contribution is -0.103. The van der Waals surface area contributed by atoms with Gasteiger partial charge in [-0.2, -0.15) is 0 Å². The number of carbonyl (C=O) groups excluding carboxylic acids is 1. The van der Waals surface area contributed by atoms with Crippen molar-refractivity contribution in [1.29, 1.82) is 0 Å². The molecule has 1 nitrogen and oxygen atoms in total. The molecule has 0 saturated heterocycles. The van der Waals surface area contributed by atoms with Gasteiger partial charge in [-0.25, -0.2) is 0 Å². The van der Waals surface area contributed by atoms with E-state index in [0.717, 1.165) is 17.4 Å². The zero-order chi connectivity index (χ0) is 12.7. The lowest BCUT2D eigenvalue weighted by Gasteiger charge is -2.24. The SMILES string of the molecule is CC[Si](/C=C(/C=O)c1ccccc1)(CC)CC. The van der Waals surface area contributed by atoms with Gasteiger partial charge in [-0.05, 0) is 5.56 Å². The van der Waals surface area contributed by atoms with E-state index in [0.29, 0.717) is 0 Å². The number of hydrogen-bond acceptors (Lipinski definition) is 1. The number of hydrogen-bond donors (Lipinski definition) is 0. The summed E-state index contributed by atoms with van der Waals surface area (Å²) in [6, 6.07) is 13.6. The average Bonchev–Trinajstić information content (AvgIpc) is 2.42. The molecule has 0 aromatic heterocycles. The van der Waals surface area contributed by atoms with E-state index in [2.05, 4.69) is 26.5 Å². The Morgan fingerprint density at radius 3 is 2.00 bits per heavy atom. The summed E-state index contributed by atoms with van der Waals surface area (Å²) in [5.41, 5.74) is 4.23. The lowest BCUT2D eigenvalue weighted by atomic mass is 10.1. The Bertz CT molecular complexity index is 369. The van der Waals surface area contributed by atoms with Gasteiger partial charge in [0.1, 0.15) is 6.29 Å². The molecule has 0 N–H and O–H groups in total. The van der Waals surface area contributed by atoms with Crippen LogP contribution in [0.4, 0.5) is 0 Å². The van der Waals surface area contributed by atoms with Crippen LogP contribution in [0, 0.1) is 0 Å². The van der Waals surface area contributed by atoms with Crippen LogP contribution in [0.2, 0.25) is 18.1 Å². The minimum atomic E-state index is -1.38. The highest BCUT2D eigenvalue weighted by atomic mass is 28.3. The average molecular weight is 246 g/mol. The molecule has 0 saturated carbocycles. The summed E-state index contributed by atoms with van der Waals surface area (Å²) in [4.78, 5) is 11.3. The maximum absolute atomic E-state index is 11.3. The van der Waals surface area contributed by atoms with Gasteiger partial charge in [-0.3, -0.25) is 4.79 Å². The summed E-state index contributed by atoms with van der Waals surface area (Å²) < 4.78 is 0. The molecular formula is C15H22OSi. The first-order chi connectivity index (χ1) is 8.21. The second-order valence-electron chi connectivity index (χ2n) is 4.51. The first kappa shape index (κ1) is 13.9. The van der Waals surface area contributed by atoms with Crippen molar-refractivity contribution in [1.82, 2.24) is 0 Å². The van der Waals surface area contributed by atoms with Crippen LogP contribution >= 0.6 is 0 Å². The van der Waals surface area contributed by atoms with Crippen molar-refractivity contribution in [2.45, 2.75) is 38.9 Å². The van der Waals surface area contributed by atoms with E-state index in [1.54, 1.807) is 0 Å². The first-order valence-corrected chi connectivity index (χ1v) is 9.14. The van der Waals surface area contributed by atoms with Crippen LogP contribution in [-0.4, -0.2) is 14.4 Å². The van der Waals surface area contributed by atoms with E-state index in [9.17, 15) is 4.79 Å². The fourth-order valence-corrected chi connectivity index (χ4v) is 5.21. The van der Waals surface area contributed by atoms with Crippen molar-refractivity contribution in [2.24, 2.45) is 0 Å². The van der Waals surface area contributed by atoms with Gasteiger partial charge in [0, 0.05) is 5.57 Å². The quantitative estimate of drug-likeness (QED) is 0.415. The summed E-state index contributed by atoms with van der Waals surface area (Å²) in [6.07, 6.45) is 1.01. The molecule has 92 valence electrons. The summed E-state index contributed by atoms with van der Waals surface area (Å²) >= 11 is 0. The molecular weight excluding hydrogens is 224 g/mol. The van der Waals surface area contributed by atoms with Crippen LogP contribution in [0.25, 0.3) is 5.57 Å². The van der Waals surface area contributed by atoms with Gasteiger partial charge >= 0.3 is 0 Å². The molecule has 0 unspecified atom stereocenters. The monoisotopic (exact) mass is 246 g/mol. The van der Waals surface area contributed by atoms with Crippen molar-refractivity contribution >= 4 is 19.9 Å². The summed E-state index contributed by atoms with van der Waals surface area (Å²) in [7, 11) is -1.38. The van der Waals surface area contributed by atoms with E-state index in [-0.39, 0.29) is 0 Å². The van der Waals surface area contributed by atoms with Gasteiger partial charge in [0.25, 0.3) is 0 Å². The topological polar surface area (TPSA) is 17.1 Å². The van der Waals surface area contributed by atoms with Gasteiger partial charge < -0.3 is 0 Å². The molecule has 0 radical (unpaired) electrons. The van der Waals surface area contributed by atoms with Crippen LogP contribution in [0.5, 0.6) is 0 Å². The van der Waals surface area contributed by atoms with Crippen LogP contribution in [0.15, 0.2) is 36.0 Å². The van der Waals surface area contributed by atoms with E-state index in [1.165, 1.54) is 18.1 Å². The number of rotatable bonds is 6. The van der Waals surface area contributed by atoms with Gasteiger partial charge in [0.2, 0.25) is 0 Å². The Balaban J connectivity index is 3.13. The number of carbonyl (C=O) groups is 1. The predicted molar refractivity (Wildman–Crippen MR) is 77.7 cm³/mol. The van der Waals surface area contributed by atoms with Crippen molar-refractivity contribution < 1.29 is 4.79 Å². The Labute approximate surface area is 106 Å². The molecule has 0 spiro atoms. The molecule has 0 aliphatic heterocycles. The predicted octanol–water partition coefficient (Wildman–Crippen LogP) is 4.32. The molecule has 1 aromatic carbocycles. The summed E-state index contributed by atoms with van der Waals surface area (Å²) in [6.45, 7) is 6.76. The van der Waals surface area contributed by atoms with Gasteiger partial charge in [-0.15, -0.1) is 0 Å². The number of benzene rings is 1. The molecule has 0 fully saturated rings. The highest BCUT2D eigenvalue weighted by Gasteiger charge is 2.24. The Kier molecular flexibility index (Phi) is 5.36. The second kappa shape index (κ2) is 6.55. The smallest absolute Gasteiger partial charge is 0.149 e. The van der Waals surface area contributed by atoms with Gasteiger partial charge in [-0.1, -0.05) is 74.9 Å². The molecule has 2 heteroatoms. The largest absolute Gasteiger partial charge is 0.298 e. The van der Waals surface area contributed by atoms with Crippen molar-refractivity contribution in [3.8, 4) is 0 Å². The fourth-order valence-electron chi connectivity index (χ4n) is 2.20. The Morgan fingerprint density at radius 1 is 1.06 bits per heavy atom. The standard InChI is InChI=1S/C15H22OSi/c1-4-17(5-2,6-3)13-15(12-16)14-10-8-7-9-11-14/h7-13H,4-6H2,1-3H3/b15-13-. The third-order valence-electron chi connectivity index (χ3n) is 3.81. The van der Waals surface area contributed by atoms with Crippen molar-refractivity contribution in [3.05, 3.63) is 41.6 Å². The molecule has 0 atom stereocenters. The van der Waals surface area contributed by atoms with Crippen LogP contribution < -0.4 is 0 Å². The minimum absolute atomic E-state index is 0.878. The third-order valence-corrected chi connectivity index (χ3v) is 8.96.